The van der Waals surface area contributed by atoms with E-state index in [1.54, 1.807) is 12.1 Å². The summed E-state index contributed by atoms with van der Waals surface area (Å²) in [6.45, 7) is 6.66. The molecule has 0 spiro atoms. The number of carbonyl (C=O) groups excluding carboxylic acids is 2. The van der Waals surface area contributed by atoms with E-state index in [4.69, 9.17) is 21.1 Å². The Bertz CT molecular complexity index is 1450. The molecule has 4 aromatic rings. The zero-order valence-electron chi connectivity index (χ0n) is 21.4. The topological polar surface area (TPSA) is 95.3 Å². The van der Waals surface area contributed by atoms with Gasteiger partial charge < -0.3 is 19.4 Å². The number of hydrogen-bond donors (Lipinski definition) is 1. The van der Waals surface area contributed by atoms with Gasteiger partial charge in [0.15, 0.2) is 11.0 Å². The third kappa shape index (κ3) is 6.20. The van der Waals surface area contributed by atoms with E-state index >= 15 is 0 Å². The van der Waals surface area contributed by atoms with Crippen LogP contribution in [0.1, 0.15) is 33.5 Å². The van der Waals surface area contributed by atoms with Crippen molar-refractivity contribution in [2.75, 3.05) is 18.2 Å². The SMILES string of the molecule is CCn1c(COc2ccc(Cl)c(C)c2)nnc1SCC(=O)Nc1sc(C)c(-c2ccccc2)c1C(=O)OC. The number of anilines is 1. The molecule has 2 aromatic carbocycles. The molecule has 1 amide bonds. The van der Waals surface area contributed by atoms with Gasteiger partial charge in [0.2, 0.25) is 5.91 Å². The zero-order valence-corrected chi connectivity index (χ0v) is 23.8. The third-order valence-corrected chi connectivity index (χ3v) is 8.14. The Morgan fingerprint density at radius 3 is 2.58 bits per heavy atom. The molecule has 11 heteroatoms. The third-order valence-electron chi connectivity index (χ3n) is 5.73. The van der Waals surface area contributed by atoms with Crippen LogP contribution in [0, 0.1) is 13.8 Å². The molecule has 0 saturated carbocycles. The Morgan fingerprint density at radius 1 is 1.13 bits per heavy atom. The lowest BCUT2D eigenvalue weighted by atomic mass is 10.0. The van der Waals surface area contributed by atoms with Gasteiger partial charge in [-0.25, -0.2) is 4.79 Å². The molecule has 0 aliphatic carbocycles. The minimum atomic E-state index is -0.498. The number of halogens is 1. The maximum absolute atomic E-state index is 12.9. The molecule has 8 nitrogen and oxygen atoms in total. The molecule has 1 N–H and O–H groups in total. The number of benzene rings is 2. The Morgan fingerprint density at radius 2 is 1.89 bits per heavy atom. The first-order valence-corrected chi connectivity index (χ1v) is 14.0. The van der Waals surface area contributed by atoms with Crippen molar-refractivity contribution in [1.29, 1.82) is 0 Å². The molecule has 0 unspecified atom stereocenters. The summed E-state index contributed by atoms with van der Waals surface area (Å²) in [5.74, 6) is 0.669. The summed E-state index contributed by atoms with van der Waals surface area (Å²) in [6.07, 6.45) is 0. The number of amides is 1. The highest BCUT2D eigenvalue weighted by Gasteiger charge is 2.25. The van der Waals surface area contributed by atoms with Crippen molar-refractivity contribution in [1.82, 2.24) is 14.8 Å². The van der Waals surface area contributed by atoms with Gasteiger partial charge in [-0.05, 0) is 50.1 Å². The number of nitrogens with one attached hydrogen (secondary N) is 1. The van der Waals surface area contributed by atoms with E-state index in [1.807, 2.05) is 61.7 Å². The highest BCUT2D eigenvalue weighted by molar-refractivity contribution is 7.99. The van der Waals surface area contributed by atoms with Crippen LogP contribution in [0.4, 0.5) is 5.00 Å². The van der Waals surface area contributed by atoms with Crippen LogP contribution in [0.2, 0.25) is 5.02 Å². The fourth-order valence-electron chi connectivity index (χ4n) is 3.88. The number of ether oxygens (including phenoxy) is 2. The van der Waals surface area contributed by atoms with Gasteiger partial charge in [0.25, 0.3) is 0 Å². The van der Waals surface area contributed by atoms with Crippen molar-refractivity contribution >= 4 is 51.6 Å². The lowest BCUT2D eigenvalue weighted by Gasteiger charge is -2.10. The summed E-state index contributed by atoms with van der Waals surface area (Å²) < 4.78 is 12.8. The summed E-state index contributed by atoms with van der Waals surface area (Å²) in [7, 11) is 1.33. The Labute approximate surface area is 234 Å². The van der Waals surface area contributed by atoms with Gasteiger partial charge in [-0.2, -0.15) is 0 Å². The number of hydrogen-bond acceptors (Lipinski definition) is 8. The number of thiophene rings is 1. The monoisotopic (exact) mass is 570 g/mol. The van der Waals surface area contributed by atoms with Crippen molar-refractivity contribution in [3.63, 3.8) is 0 Å². The minimum Gasteiger partial charge on any atom is -0.486 e. The number of aryl methyl sites for hydroxylation is 2. The summed E-state index contributed by atoms with van der Waals surface area (Å²) >= 11 is 8.70. The number of methoxy groups -OCH3 is 1. The number of nitrogens with zero attached hydrogens (tertiary/aromatic N) is 3. The van der Waals surface area contributed by atoms with Crippen molar-refractivity contribution < 1.29 is 19.1 Å². The van der Waals surface area contributed by atoms with Gasteiger partial charge in [-0.1, -0.05) is 53.7 Å². The second-order valence-corrected chi connectivity index (χ2v) is 10.8. The highest BCUT2D eigenvalue weighted by Crippen LogP contribution is 2.40. The number of carbonyl (C=O) groups is 2. The van der Waals surface area contributed by atoms with E-state index in [2.05, 4.69) is 15.5 Å². The van der Waals surface area contributed by atoms with Gasteiger partial charge in [0.1, 0.15) is 22.9 Å². The molecule has 0 atom stereocenters. The molecule has 4 rings (SSSR count). The number of aromatic nitrogens is 3. The average molecular weight is 571 g/mol. The molecule has 0 fully saturated rings. The maximum atomic E-state index is 12.9. The molecule has 198 valence electrons. The lowest BCUT2D eigenvalue weighted by molar-refractivity contribution is -0.113. The number of esters is 1. The Hall–Kier alpha value is -3.34. The van der Waals surface area contributed by atoms with E-state index in [0.29, 0.717) is 38.9 Å². The number of rotatable bonds is 10. The molecule has 0 aliphatic heterocycles. The average Bonchev–Trinajstić information content (AvgIpc) is 3.47. The molecule has 2 aromatic heterocycles. The number of thioether (sulfide) groups is 1. The van der Waals surface area contributed by atoms with Gasteiger partial charge in [0.05, 0.1) is 12.9 Å². The molecule has 0 aliphatic rings. The second-order valence-electron chi connectivity index (χ2n) is 8.27. The summed E-state index contributed by atoms with van der Waals surface area (Å²) in [5.41, 5.74) is 2.93. The van der Waals surface area contributed by atoms with Crippen molar-refractivity contribution in [3.8, 4) is 16.9 Å². The van der Waals surface area contributed by atoms with Crippen LogP contribution in [0.5, 0.6) is 5.75 Å². The second kappa shape index (κ2) is 12.5. The highest BCUT2D eigenvalue weighted by atomic mass is 35.5. The van der Waals surface area contributed by atoms with Crippen molar-refractivity contribution in [2.45, 2.75) is 39.1 Å². The minimum absolute atomic E-state index is 0.0909. The van der Waals surface area contributed by atoms with Crippen molar-refractivity contribution in [3.05, 3.63) is 75.4 Å². The van der Waals surface area contributed by atoms with Crippen LogP contribution in [0.3, 0.4) is 0 Å². The Balaban J connectivity index is 1.44. The standard InChI is InChI=1S/C27H27ClN4O4S2/c1-5-32-21(14-36-19-11-12-20(28)16(2)13-19)30-31-27(32)37-15-22(33)29-25-24(26(34)35-4)23(17(3)38-25)18-9-7-6-8-10-18/h6-13H,5,14-15H2,1-4H3,(H,29,33). The molecule has 38 heavy (non-hydrogen) atoms. The maximum Gasteiger partial charge on any atom is 0.341 e. The molecule has 0 radical (unpaired) electrons. The van der Waals surface area contributed by atoms with E-state index < -0.39 is 5.97 Å². The smallest absolute Gasteiger partial charge is 0.341 e. The van der Waals surface area contributed by atoms with Crippen LogP contribution in [-0.4, -0.2) is 39.5 Å². The summed E-state index contributed by atoms with van der Waals surface area (Å²) in [4.78, 5) is 26.5. The van der Waals surface area contributed by atoms with Crippen LogP contribution in [0.25, 0.3) is 11.1 Å². The molecular weight excluding hydrogens is 544 g/mol. The van der Waals surface area contributed by atoms with Gasteiger partial charge >= 0.3 is 5.97 Å². The molecule has 0 saturated heterocycles. The lowest BCUT2D eigenvalue weighted by Crippen LogP contribution is -2.16. The normalized spacial score (nSPS) is 10.9. The fraction of sp³-hybridized carbons (Fsp3) is 0.259. The van der Waals surface area contributed by atoms with E-state index in [9.17, 15) is 9.59 Å². The van der Waals surface area contributed by atoms with Crippen LogP contribution < -0.4 is 10.1 Å². The first kappa shape index (κ1) is 27.7. The van der Waals surface area contributed by atoms with Crippen LogP contribution in [-0.2, 0) is 22.7 Å². The fourth-order valence-corrected chi connectivity index (χ4v) is 5.90. The first-order chi connectivity index (χ1) is 18.3. The van der Waals surface area contributed by atoms with Gasteiger partial charge in [-0.15, -0.1) is 21.5 Å². The van der Waals surface area contributed by atoms with Crippen LogP contribution >= 0.6 is 34.7 Å². The predicted octanol–water partition coefficient (Wildman–Crippen LogP) is 6.39. The van der Waals surface area contributed by atoms with E-state index in [1.165, 1.54) is 30.2 Å². The van der Waals surface area contributed by atoms with E-state index in [-0.39, 0.29) is 18.3 Å². The zero-order chi connectivity index (χ0) is 27.2. The van der Waals surface area contributed by atoms with Crippen molar-refractivity contribution in [2.24, 2.45) is 0 Å². The Kier molecular flexibility index (Phi) is 9.09. The first-order valence-electron chi connectivity index (χ1n) is 11.8. The summed E-state index contributed by atoms with van der Waals surface area (Å²) in [5, 5.41) is 13.1. The predicted molar refractivity (Wildman–Crippen MR) is 151 cm³/mol. The largest absolute Gasteiger partial charge is 0.486 e. The summed E-state index contributed by atoms with van der Waals surface area (Å²) in [6, 6.07) is 15.0. The van der Waals surface area contributed by atoms with Crippen LogP contribution in [0.15, 0.2) is 53.7 Å². The quantitative estimate of drug-likeness (QED) is 0.174. The van der Waals surface area contributed by atoms with Gasteiger partial charge in [0, 0.05) is 22.0 Å². The van der Waals surface area contributed by atoms with Gasteiger partial charge in [-0.3, -0.25) is 4.79 Å². The molecule has 0 bridgehead atoms. The van der Waals surface area contributed by atoms with E-state index in [0.717, 1.165) is 21.6 Å². The molecular formula is C27H27ClN4O4S2. The molecule has 2 heterocycles.